The van der Waals surface area contributed by atoms with Gasteiger partial charge in [-0.05, 0) is 30.3 Å². The van der Waals surface area contributed by atoms with Crippen LogP contribution in [0, 0.1) is 11.3 Å². The molecule has 9 heteroatoms. The third-order valence-electron chi connectivity index (χ3n) is 2.75. The van der Waals surface area contributed by atoms with E-state index in [1.165, 1.54) is 30.3 Å². The number of hydrogen-bond donors (Lipinski definition) is 4. The van der Waals surface area contributed by atoms with Crippen molar-refractivity contribution in [1.29, 1.82) is 5.26 Å². The Morgan fingerprint density at radius 2 is 1.74 bits per heavy atom. The zero-order valence-electron chi connectivity index (χ0n) is 11.6. The molecule has 4 amide bonds. The molecular weight excluding hydrogens is 318 g/mol. The lowest BCUT2D eigenvalue weighted by atomic mass is 10.1. The average molecular weight is 329 g/mol. The standard InChI is InChI=1S/C14H11N5O3S/c15-6-7-1-3-8(4-2-7)12(21)18-10-5-9(11(16)20)13(23-10)19-14(17)22/h1-5H,(H2,16,20)(H,18,21)(H3,17,19,22). The topological polar surface area (TPSA) is 151 Å². The van der Waals surface area contributed by atoms with E-state index in [0.29, 0.717) is 16.1 Å². The number of hydrogen-bond acceptors (Lipinski definition) is 5. The maximum atomic E-state index is 12.1. The fourth-order valence-electron chi connectivity index (χ4n) is 1.72. The second-order valence-corrected chi connectivity index (χ2v) is 5.40. The average Bonchev–Trinajstić information content (AvgIpc) is 2.89. The second-order valence-electron chi connectivity index (χ2n) is 4.35. The van der Waals surface area contributed by atoms with Crippen molar-refractivity contribution in [3.63, 3.8) is 0 Å². The molecule has 2 aromatic rings. The highest BCUT2D eigenvalue weighted by Crippen LogP contribution is 2.32. The molecule has 1 heterocycles. The fourth-order valence-corrected chi connectivity index (χ4v) is 2.68. The number of nitriles is 1. The monoisotopic (exact) mass is 329 g/mol. The van der Waals surface area contributed by atoms with Gasteiger partial charge in [0.1, 0.15) is 5.00 Å². The molecule has 2 rings (SSSR count). The molecule has 0 saturated carbocycles. The predicted molar refractivity (Wildman–Crippen MR) is 85.2 cm³/mol. The Bertz CT molecular complexity index is 820. The Kier molecular flexibility index (Phi) is 4.58. The molecule has 0 radical (unpaired) electrons. The maximum Gasteiger partial charge on any atom is 0.317 e. The molecule has 6 N–H and O–H groups in total. The van der Waals surface area contributed by atoms with E-state index in [1.807, 2.05) is 6.07 Å². The molecule has 23 heavy (non-hydrogen) atoms. The summed E-state index contributed by atoms with van der Waals surface area (Å²) in [5.41, 5.74) is 11.0. The van der Waals surface area contributed by atoms with Crippen LogP contribution in [0.15, 0.2) is 30.3 Å². The van der Waals surface area contributed by atoms with E-state index in [2.05, 4.69) is 10.6 Å². The Hall–Kier alpha value is -3.38. The van der Waals surface area contributed by atoms with Crippen LogP contribution in [0.2, 0.25) is 0 Å². The number of rotatable bonds is 4. The molecule has 1 aromatic heterocycles. The first-order chi connectivity index (χ1) is 10.9. The van der Waals surface area contributed by atoms with Crippen molar-refractivity contribution >= 4 is 39.2 Å². The summed E-state index contributed by atoms with van der Waals surface area (Å²) in [6.07, 6.45) is 0. The molecule has 0 atom stereocenters. The van der Waals surface area contributed by atoms with Crippen molar-refractivity contribution < 1.29 is 14.4 Å². The molecule has 8 nitrogen and oxygen atoms in total. The van der Waals surface area contributed by atoms with Gasteiger partial charge in [0.05, 0.1) is 22.2 Å². The van der Waals surface area contributed by atoms with Crippen LogP contribution in [0.5, 0.6) is 0 Å². The normalized spacial score (nSPS) is 9.70. The summed E-state index contributed by atoms with van der Waals surface area (Å²) in [6, 6.07) is 8.47. The van der Waals surface area contributed by atoms with Crippen LogP contribution in [-0.2, 0) is 0 Å². The van der Waals surface area contributed by atoms with Crippen molar-refractivity contribution in [2.45, 2.75) is 0 Å². The van der Waals surface area contributed by atoms with Crippen LogP contribution in [0.25, 0.3) is 0 Å². The van der Waals surface area contributed by atoms with Crippen molar-refractivity contribution in [2.75, 3.05) is 10.6 Å². The third-order valence-corrected chi connectivity index (χ3v) is 3.71. The van der Waals surface area contributed by atoms with Crippen molar-refractivity contribution in [2.24, 2.45) is 11.5 Å². The number of thiophene rings is 1. The number of anilines is 2. The zero-order chi connectivity index (χ0) is 17.0. The molecule has 0 bridgehead atoms. The molecule has 0 aliphatic heterocycles. The minimum Gasteiger partial charge on any atom is -0.366 e. The van der Waals surface area contributed by atoms with E-state index in [1.54, 1.807) is 0 Å². The zero-order valence-corrected chi connectivity index (χ0v) is 12.4. The van der Waals surface area contributed by atoms with Crippen molar-refractivity contribution in [3.8, 4) is 6.07 Å². The van der Waals surface area contributed by atoms with Crippen molar-refractivity contribution in [3.05, 3.63) is 47.0 Å². The number of primary amides is 2. The number of amides is 4. The van der Waals surface area contributed by atoms with Crippen LogP contribution in [0.4, 0.5) is 14.8 Å². The summed E-state index contributed by atoms with van der Waals surface area (Å²) in [5, 5.41) is 14.0. The number of nitrogens with one attached hydrogen (secondary N) is 2. The smallest absolute Gasteiger partial charge is 0.317 e. The fraction of sp³-hybridized carbons (Fsp3) is 0. The summed E-state index contributed by atoms with van der Waals surface area (Å²) < 4.78 is 0. The van der Waals surface area contributed by atoms with Gasteiger partial charge in [0.2, 0.25) is 0 Å². The lowest BCUT2D eigenvalue weighted by molar-refractivity contribution is 0.0997. The van der Waals surface area contributed by atoms with Gasteiger partial charge in [0, 0.05) is 5.56 Å². The SMILES string of the molecule is N#Cc1ccc(C(=O)Nc2cc(C(N)=O)c(NC(N)=O)s2)cc1. The first-order valence-corrected chi connectivity index (χ1v) is 7.04. The molecule has 1 aromatic carbocycles. The minimum absolute atomic E-state index is 0.0453. The van der Waals surface area contributed by atoms with Gasteiger partial charge in [-0.3, -0.25) is 14.9 Å². The summed E-state index contributed by atoms with van der Waals surface area (Å²) >= 11 is 0.950. The Balaban J connectivity index is 2.21. The van der Waals surface area contributed by atoms with Gasteiger partial charge in [0.15, 0.2) is 0 Å². The second kappa shape index (κ2) is 6.59. The van der Waals surface area contributed by atoms with Crippen LogP contribution in [0.3, 0.4) is 0 Å². The molecule has 116 valence electrons. The van der Waals surface area contributed by atoms with Gasteiger partial charge >= 0.3 is 6.03 Å². The van der Waals surface area contributed by atoms with Gasteiger partial charge < -0.3 is 16.8 Å². The molecule has 0 aliphatic carbocycles. The predicted octanol–water partition coefficient (Wildman–Crippen LogP) is 1.46. The lowest BCUT2D eigenvalue weighted by Gasteiger charge is -2.02. The summed E-state index contributed by atoms with van der Waals surface area (Å²) in [7, 11) is 0. The van der Waals surface area contributed by atoms with E-state index in [-0.39, 0.29) is 10.6 Å². The van der Waals surface area contributed by atoms with Gasteiger partial charge in [-0.25, -0.2) is 4.79 Å². The van der Waals surface area contributed by atoms with Gasteiger partial charge in [-0.2, -0.15) is 5.26 Å². The molecular formula is C14H11N5O3S. The first-order valence-electron chi connectivity index (χ1n) is 6.22. The Morgan fingerprint density at radius 1 is 1.09 bits per heavy atom. The van der Waals surface area contributed by atoms with Crippen LogP contribution in [0.1, 0.15) is 26.3 Å². The van der Waals surface area contributed by atoms with E-state index >= 15 is 0 Å². The first kappa shape index (κ1) is 16.0. The van der Waals surface area contributed by atoms with E-state index < -0.39 is 17.8 Å². The summed E-state index contributed by atoms with van der Waals surface area (Å²) in [4.78, 5) is 34.4. The lowest BCUT2D eigenvalue weighted by Crippen LogP contribution is -2.21. The highest BCUT2D eigenvalue weighted by atomic mass is 32.1. The van der Waals surface area contributed by atoms with E-state index in [9.17, 15) is 14.4 Å². The Labute approximate surface area is 134 Å². The number of urea groups is 1. The van der Waals surface area contributed by atoms with Crippen LogP contribution < -0.4 is 22.1 Å². The van der Waals surface area contributed by atoms with E-state index in [4.69, 9.17) is 16.7 Å². The van der Waals surface area contributed by atoms with Crippen LogP contribution >= 0.6 is 11.3 Å². The number of carbonyl (C=O) groups is 3. The molecule has 0 aliphatic rings. The highest BCUT2D eigenvalue weighted by Gasteiger charge is 2.17. The van der Waals surface area contributed by atoms with Crippen molar-refractivity contribution in [1.82, 2.24) is 0 Å². The van der Waals surface area contributed by atoms with E-state index in [0.717, 1.165) is 11.3 Å². The van der Waals surface area contributed by atoms with Gasteiger partial charge in [-0.15, -0.1) is 0 Å². The largest absolute Gasteiger partial charge is 0.366 e. The quantitative estimate of drug-likeness (QED) is 0.671. The number of benzene rings is 1. The Morgan fingerprint density at radius 3 is 2.26 bits per heavy atom. The maximum absolute atomic E-state index is 12.1. The molecule has 0 spiro atoms. The third kappa shape index (κ3) is 3.84. The minimum atomic E-state index is -0.848. The molecule has 0 unspecified atom stereocenters. The summed E-state index contributed by atoms with van der Waals surface area (Å²) in [5.74, 6) is -1.19. The van der Waals surface area contributed by atoms with Crippen LogP contribution in [-0.4, -0.2) is 17.8 Å². The molecule has 0 saturated heterocycles. The number of nitrogens with two attached hydrogens (primary N) is 2. The number of nitrogens with zero attached hydrogens (tertiary/aromatic N) is 1. The number of carbonyl (C=O) groups excluding carboxylic acids is 3. The summed E-state index contributed by atoms with van der Waals surface area (Å²) in [6.45, 7) is 0. The van der Waals surface area contributed by atoms with Gasteiger partial charge in [-0.1, -0.05) is 11.3 Å². The van der Waals surface area contributed by atoms with Gasteiger partial charge in [0.25, 0.3) is 11.8 Å². The highest BCUT2D eigenvalue weighted by molar-refractivity contribution is 7.20. The molecule has 0 fully saturated rings.